The molecule has 0 spiro atoms. The van der Waals surface area contributed by atoms with Gasteiger partial charge in [-0.15, -0.1) is 6.42 Å². The molecule has 96 valence electrons. The monoisotopic (exact) mass is 245 g/mol. The van der Waals surface area contributed by atoms with E-state index in [9.17, 15) is 4.79 Å². The number of terminal acetylenes is 1. The zero-order valence-corrected chi connectivity index (χ0v) is 11.3. The number of hydrogen-bond acceptors (Lipinski definition) is 2. The van der Waals surface area contributed by atoms with Crippen LogP contribution >= 0.6 is 0 Å². The highest BCUT2D eigenvalue weighted by Gasteiger charge is 2.15. The maximum Gasteiger partial charge on any atom is 0.407 e. The van der Waals surface area contributed by atoms with Crippen LogP contribution in [0.2, 0.25) is 0 Å². The molecule has 0 saturated carbocycles. The van der Waals surface area contributed by atoms with Gasteiger partial charge in [0.2, 0.25) is 0 Å². The summed E-state index contributed by atoms with van der Waals surface area (Å²) in [5.74, 6) is 2.58. The highest BCUT2D eigenvalue weighted by molar-refractivity contribution is 5.67. The van der Waals surface area contributed by atoms with Crippen LogP contribution in [0.3, 0.4) is 0 Å². The quantitative estimate of drug-likeness (QED) is 0.813. The Morgan fingerprint density at radius 3 is 2.61 bits per heavy atom. The highest BCUT2D eigenvalue weighted by atomic mass is 16.6. The summed E-state index contributed by atoms with van der Waals surface area (Å²) in [6, 6.07) is 5.70. The maximum absolute atomic E-state index is 11.5. The fourth-order valence-corrected chi connectivity index (χ4v) is 1.47. The molecular weight excluding hydrogens is 226 g/mol. The molecule has 0 aromatic heterocycles. The van der Waals surface area contributed by atoms with Crippen LogP contribution in [-0.4, -0.2) is 11.7 Å². The summed E-state index contributed by atoms with van der Waals surface area (Å²) in [6.07, 6.45) is 4.91. The number of aryl methyl sites for hydroxylation is 1. The minimum absolute atomic E-state index is 0.414. The van der Waals surface area contributed by atoms with Gasteiger partial charge in [-0.05, 0) is 51.0 Å². The van der Waals surface area contributed by atoms with Crippen molar-refractivity contribution in [2.75, 3.05) is 0 Å². The molecule has 3 nitrogen and oxygen atoms in total. The normalized spacial score (nSPS) is 10.6. The van der Waals surface area contributed by atoms with E-state index in [1.165, 1.54) is 0 Å². The topological polar surface area (TPSA) is 38.3 Å². The van der Waals surface area contributed by atoms with E-state index < -0.39 is 11.7 Å². The van der Waals surface area contributed by atoms with E-state index in [1.807, 2.05) is 45.9 Å². The number of ether oxygens (including phenoxy) is 1. The van der Waals surface area contributed by atoms with Gasteiger partial charge < -0.3 is 10.1 Å². The van der Waals surface area contributed by atoms with Crippen LogP contribution in [0.1, 0.15) is 37.5 Å². The molecule has 0 aliphatic rings. The van der Waals surface area contributed by atoms with Gasteiger partial charge in [-0.2, -0.15) is 0 Å². The molecule has 0 saturated heterocycles. The first-order valence-corrected chi connectivity index (χ1v) is 5.85. The molecule has 18 heavy (non-hydrogen) atoms. The fraction of sp³-hybridized carbons (Fsp3) is 0.400. The predicted molar refractivity (Wildman–Crippen MR) is 72.2 cm³/mol. The molecule has 0 aliphatic carbocycles. The summed E-state index contributed by atoms with van der Waals surface area (Å²) < 4.78 is 5.16. The number of nitrogens with one attached hydrogen (secondary N) is 1. The Hall–Kier alpha value is -1.95. The molecule has 1 N–H and O–H groups in total. The Morgan fingerprint density at radius 2 is 2.11 bits per heavy atom. The standard InChI is InChI=1S/C15H19NO2/c1-6-12-7-8-13(11(2)9-12)10-16-14(17)18-15(3,4)5/h1,7-9H,10H2,2-5H3,(H,16,17). The van der Waals surface area contributed by atoms with E-state index in [2.05, 4.69) is 11.2 Å². The van der Waals surface area contributed by atoms with Crippen molar-refractivity contribution in [2.24, 2.45) is 0 Å². The number of carbonyl (C=O) groups excluding carboxylic acids is 1. The van der Waals surface area contributed by atoms with Crippen LogP contribution < -0.4 is 5.32 Å². The Morgan fingerprint density at radius 1 is 1.44 bits per heavy atom. The molecule has 0 aliphatic heterocycles. The summed E-state index contributed by atoms with van der Waals surface area (Å²) in [5.41, 5.74) is 2.45. The van der Waals surface area contributed by atoms with Gasteiger partial charge in [-0.1, -0.05) is 12.0 Å². The van der Waals surface area contributed by atoms with Gasteiger partial charge in [0.15, 0.2) is 0 Å². The molecule has 1 amide bonds. The number of amides is 1. The van der Waals surface area contributed by atoms with Crippen LogP contribution in [0.25, 0.3) is 0 Å². The molecule has 0 radical (unpaired) electrons. The van der Waals surface area contributed by atoms with Crippen molar-refractivity contribution in [3.05, 3.63) is 34.9 Å². The van der Waals surface area contributed by atoms with Crippen molar-refractivity contribution in [3.8, 4) is 12.3 Å². The third-order valence-electron chi connectivity index (χ3n) is 2.33. The lowest BCUT2D eigenvalue weighted by molar-refractivity contribution is 0.0523. The summed E-state index contributed by atoms with van der Waals surface area (Å²) >= 11 is 0. The molecule has 0 fully saturated rings. The summed E-state index contributed by atoms with van der Waals surface area (Å²) in [5, 5.41) is 2.72. The molecular formula is C15H19NO2. The number of carbonyl (C=O) groups is 1. The van der Waals surface area contributed by atoms with Gasteiger partial charge >= 0.3 is 6.09 Å². The van der Waals surface area contributed by atoms with E-state index in [0.717, 1.165) is 16.7 Å². The van der Waals surface area contributed by atoms with E-state index in [4.69, 9.17) is 11.2 Å². The van der Waals surface area contributed by atoms with Crippen LogP contribution in [-0.2, 0) is 11.3 Å². The van der Waals surface area contributed by atoms with Crippen molar-refractivity contribution in [1.29, 1.82) is 0 Å². The van der Waals surface area contributed by atoms with Gasteiger partial charge in [0, 0.05) is 12.1 Å². The Labute approximate surface area is 109 Å². The van der Waals surface area contributed by atoms with E-state index in [-0.39, 0.29) is 0 Å². The van der Waals surface area contributed by atoms with E-state index in [1.54, 1.807) is 0 Å². The third-order valence-corrected chi connectivity index (χ3v) is 2.33. The second-order valence-corrected chi connectivity index (χ2v) is 5.14. The number of hydrogen-bond donors (Lipinski definition) is 1. The van der Waals surface area contributed by atoms with Gasteiger partial charge in [-0.25, -0.2) is 4.79 Å². The lowest BCUT2D eigenvalue weighted by Crippen LogP contribution is -2.32. The Kier molecular flexibility index (Phi) is 4.38. The Balaban J connectivity index is 2.59. The lowest BCUT2D eigenvalue weighted by Gasteiger charge is -2.20. The SMILES string of the molecule is C#Cc1ccc(CNC(=O)OC(C)(C)C)c(C)c1. The molecule has 0 atom stereocenters. The highest BCUT2D eigenvalue weighted by Crippen LogP contribution is 2.11. The first-order chi connectivity index (χ1) is 8.31. The second-order valence-electron chi connectivity index (χ2n) is 5.14. The van der Waals surface area contributed by atoms with Crippen LogP contribution in [0.5, 0.6) is 0 Å². The maximum atomic E-state index is 11.5. The Bertz CT molecular complexity index is 478. The first kappa shape index (κ1) is 14.1. The molecule has 0 unspecified atom stereocenters. The fourth-order valence-electron chi connectivity index (χ4n) is 1.47. The van der Waals surface area contributed by atoms with E-state index in [0.29, 0.717) is 6.54 Å². The number of benzene rings is 1. The molecule has 1 aromatic carbocycles. The molecule has 0 bridgehead atoms. The van der Waals surface area contributed by atoms with Crippen LogP contribution in [0, 0.1) is 19.3 Å². The average molecular weight is 245 g/mol. The van der Waals surface area contributed by atoms with Crippen molar-refractivity contribution in [3.63, 3.8) is 0 Å². The lowest BCUT2D eigenvalue weighted by atomic mass is 10.1. The largest absolute Gasteiger partial charge is 0.444 e. The van der Waals surface area contributed by atoms with Crippen LogP contribution in [0.4, 0.5) is 4.79 Å². The number of alkyl carbamates (subject to hydrolysis) is 1. The third kappa shape index (κ3) is 4.50. The average Bonchev–Trinajstić information content (AvgIpc) is 2.25. The zero-order valence-electron chi connectivity index (χ0n) is 11.3. The zero-order chi connectivity index (χ0) is 13.8. The first-order valence-electron chi connectivity index (χ1n) is 5.85. The van der Waals surface area contributed by atoms with Crippen molar-refractivity contribution < 1.29 is 9.53 Å². The van der Waals surface area contributed by atoms with Crippen LogP contribution in [0.15, 0.2) is 18.2 Å². The smallest absolute Gasteiger partial charge is 0.407 e. The van der Waals surface area contributed by atoms with Gasteiger partial charge in [0.25, 0.3) is 0 Å². The summed E-state index contributed by atoms with van der Waals surface area (Å²) in [6.45, 7) is 7.90. The van der Waals surface area contributed by atoms with Crippen molar-refractivity contribution in [2.45, 2.75) is 39.8 Å². The molecule has 3 heteroatoms. The predicted octanol–water partition coefficient (Wildman–Crippen LogP) is 3.00. The second kappa shape index (κ2) is 5.59. The van der Waals surface area contributed by atoms with Crippen molar-refractivity contribution >= 4 is 6.09 Å². The van der Waals surface area contributed by atoms with Gasteiger partial charge in [-0.3, -0.25) is 0 Å². The minimum atomic E-state index is -0.480. The molecule has 0 heterocycles. The van der Waals surface area contributed by atoms with Gasteiger partial charge in [0.05, 0.1) is 0 Å². The minimum Gasteiger partial charge on any atom is -0.444 e. The van der Waals surface area contributed by atoms with E-state index >= 15 is 0 Å². The van der Waals surface area contributed by atoms with Gasteiger partial charge in [0.1, 0.15) is 5.60 Å². The molecule has 1 aromatic rings. The molecule has 1 rings (SSSR count). The summed E-state index contributed by atoms with van der Waals surface area (Å²) in [7, 11) is 0. The van der Waals surface area contributed by atoms with Crippen molar-refractivity contribution in [1.82, 2.24) is 5.32 Å². The summed E-state index contributed by atoms with van der Waals surface area (Å²) in [4.78, 5) is 11.5. The number of rotatable bonds is 2.